The molecule has 1 amide bonds. The normalized spacial score (nSPS) is 14.7. The summed E-state index contributed by atoms with van der Waals surface area (Å²) < 4.78 is 29.4. The van der Waals surface area contributed by atoms with E-state index in [1.54, 1.807) is 24.7 Å². The maximum absolute atomic E-state index is 15.8. The third-order valence-electron chi connectivity index (χ3n) is 6.55. The molecule has 1 aromatic carbocycles. The molecule has 0 unspecified atom stereocenters. The van der Waals surface area contributed by atoms with Gasteiger partial charge in [-0.3, -0.25) is 4.79 Å². The minimum atomic E-state index is -1.40. The number of esters is 2. The lowest BCUT2D eigenvalue weighted by atomic mass is 10.0. The Kier molecular flexibility index (Phi) is 5.70. The molecule has 0 atom stereocenters. The van der Waals surface area contributed by atoms with Crippen LogP contribution in [-0.4, -0.2) is 47.1 Å². The lowest BCUT2D eigenvalue weighted by Gasteiger charge is -2.23. The van der Waals surface area contributed by atoms with Gasteiger partial charge in [0.1, 0.15) is 23.4 Å². The summed E-state index contributed by atoms with van der Waals surface area (Å²) in [5, 5.41) is 10.6. The summed E-state index contributed by atoms with van der Waals surface area (Å²) in [5.74, 6) is -5.00. The number of benzene rings is 1. The van der Waals surface area contributed by atoms with Crippen molar-refractivity contribution in [1.82, 2.24) is 29.3 Å². The smallest absolute Gasteiger partial charge is 0.415 e. The van der Waals surface area contributed by atoms with E-state index in [9.17, 15) is 14.4 Å². The highest BCUT2D eigenvalue weighted by Gasteiger charge is 2.38. The van der Waals surface area contributed by atoms with Gasteiger partial charge in [-0.2, -0.15) is 0 Å². The summed E-state index contributed by atoms with van der Waals surface area (Å²) in [7, 11) is 0. The molecule has 0 radical (unpaired) electrons. The van der Waals surface area contributed by atoms with Crippen molar-refractivity contribution in [2.75, 3.05) is 5.32 Å². The van der Waals surface area contributed by atoms with Gasteiger partial charge in [0.2, 0.25) is 0 Å². The molecule has 7 rings (SSSR count). The van der Waals surface area contributed by atoms with Crippen LogP contribution in [0, 0.1) is 12.7 Å². The maximum Gasteiger partial charge on any atom is 0.423 e. The van der Waals surface area contributed by atoms with Gasteiger partial charge in [0, 0.05) is 23.7 Å². The summed E-state index contributed by atoms with van der Waals surface area (Å²) in [5.41, 5.74) is 0.937. The van der Waals surface area contributed by atoms with Gasteiger partial charge in [0.05, 0.1) is 17.7 Å². The molecule has 5 heterocycles. The fourth-order valence-electron chi connectivity index (χ4n) is 4.44. The number of fused-ring (bicyclic) bond motifs is 5. The summed E-state index contributed by atoms with van der Waals surface area (Å²) in [6.07, 6.45) is 6.77. The third kappa shape index (κ3) is 4.21. The molecule has 0 saturated heterocycles. The van der Waals surface area contributed by atoms with Crippen LogP contribution in [0.5, 0.6) is 11.5 Å². The molecule has 1 aliphatic carbocycles. The molecule has 1 saturated carbocycles. The van der Waals surface area contributed by atoms with E-state index in [-0.39, 0.29) is 23.1 Å². The molecule has 3 aliphatic rings. The van der Waals surface area contributed by atoms with E-state index in [0.29, 0.717) is 17.4 Å². The van der Waals surface area contributed by atoms with Crippen molar-refractivity contribution < 1.29 is 28.2 Å². The Morgan fingerprint density at radius 2 is 1.87 bits per heavy atom. The van der Waals surface area contributed by atoms with Gasteiger partial charge in [0.15, 0.2) is 23.1 Å². The topological polar surface area (TPSA) is 143 Å². The van der Waals surface area contributed by atoms with Crippen molar-refractivity contribution in [1.29, 1.82) is 0 Å². The second-order valence-electron chi connectivity index (χ2n) is 9.60. The van der Waals surface area contributed by atoms with Crippen LogP contribution in [0.15, 0.2) is 37.1 Å². The Balaban J connectivity index is 1.44. The predicted octanol–water partition coefficient (Wildman–Crippen LogP) is 3.51. The van der Waals surface area contributed by atoms with Crippen molar-refractivity contribution in [3.63, 3.8) is 0 Å². The van der Waals surface area contributed by atoms with E-state index >= 15 is 4.39 Å². The number of nitrogens with zero attached hydrogens (tertiary/aromatic N) is 6. The molecule has 39 heavy (non-hydrogen) atoms. The van der Waals surface area contributed by atoms with Crippen LogP contribution in [0.3, 0.4) is 0 Å². The van der Waals surface area contributed by atoms with Crippen molar-refractivity contribution in [2.24, 2.45) is 0 Å². The number of amides is 1. The average molecular weight is 532 g/mol. The molecule has 2 bridgehead atoms. The molecule has 12 nitrogen and oxygen atoms in total. The quantitative estimate of drug-likeness (QED) is 0.225. The molecule has 4 aromatic rings. The minimum Gasteiger partial charge on any atom is -0.415 e. The second kappa shape index (κ2) is 9.11. The highest BCUT2D eigenvalue weighted by atomic mass is 19.1. The van der Waals surface area contributed by atoms with E-state index in [0.717, 1.165) is 18.5 Å². The van der Waals surface area contributed by atoms with Crippen LogP contribution in [0.2, 0.25) is 0 Å². The van der Waals surface area contributed by atoms with Crippen LogP contribution in [0.25, 0.3) is 17.2 Å². The zero-order chi connectivity index (χ0) is 27.4. The van der Waals surface area contributed by atoms with E-state index in [2.05, 4.69) is 25.5 Å². The number of carbonyl (C=O) groups excluding carboxylic acids is 3. The Bertz CT molecular complexity index is 1670. The monoisotopic (exact) mass is 531 g/mol. The highest BCUT2D eigenvalue weighted by molar-refractivity contribution is 6.31. The van der Waals surface area contributed by atoms with Crippen LogP contribution in [0.4, 0.5) is 10.2 Å². The Morgan fingerprint density at radius 1 is 1.13 bits per heavy atom. The molecular formula is C26H22FN7O5. The van der Waals surface area contributed by atoms with Crippen molar-refractivity contribution in [2.45, 2.75) is 45.6 Å². The Hall–Kier alpha value is -4.94. The van der Waals surface area contributed by atoms with Crippen LogP contribution < -0.4 is 14.8 Å². The Labute approximate surface area is 220 Å². The summed E-state index contributed by atoms with van der Waals surface area (Å²) >= 11 is 0. The first-order valence-electron chi connectivity index (χ1n) is 12.3. The van der Waals surface area contributed by atoms with Gasteiger partial charge in [-0.1, -0.05) is 6.07 Å². The minimum absolute atomic E-state index is 0.0580. The zero-order valence-electron chi connectivity index (χ0n) is 21.1. The molecule has 1 fully saturated rings. The number of ether oxygens (including phenoxy) is 2. The first-order chi connectivity index (χ1) is 18.7. The van der Waals surface area contributed by atoms with Gasteiger partial charge < -0.3 is 23.9 Å². The lowest BCUT2D eigenvalue weighted by Crippen LogP contribution is -2.31. The predicted molar refractivity (Wildman–Crippen MR) is 133 cm³/mol. The van der Waals surface area contributed by atoms with E-state index in [1.807, 2.05) is 18.4 Å². The second-order valence-corrected chi connectivity index (χ2v) is 9.60. The summed E-state index contributed by atoms with van der Waals surface area (Å²) in [6.45, 7) is 5.42. The zero-order valence-corrected chi connectivity index (χ0v) is 21.1. The summed E-state index contributed by atoms with van der Waals surface area (Å²) in [6, 6.07) is 4.92. The number of aromatic nitrogens is 6. The van der Waals surface area contributed by atoms with Gasteiger partial charge >= 0.3 is 11.9 Å². The number of anilines is 1. The number of carbonyl (C=O) groups is 3. The number of nitrogens with one attached hydrogen (secondary N) is 1. The van der Waals surface area contributed by atoms with Gasteiger partial charge in [0.25, 0.3) is 5.91 Å². The van der Waals surface area contributed by atoms with E-state index < -0.39 is 40.7 Å². The molecular weight excluding hydrogens is 509 g/mol. The number of rotatable bonds is 6. The molecule has 2 aliphatic heterocycles. The van der Waals surface area contributed by atoms with Crippen molar-refractivity contribution in [3.8, 4) is 28.7 Å². The largest absolute Gasteiger partial charge is 0.423 e. The SMILES string of the molecule is Cc1c2c(F)c(C(=O)Nc3cccc(-c4nncn4C(C)C)n3)c(c1-n1cnc(C3CC3)c1)OC(=O)C(=O)O2. The fraction of sp³-hybridized carbons (Fsp3) is 0.269. The molecule has 0 spiro atoms. The Morgan fingerprint density at radius 3 is 2.59 bits per heavy atom. The standard InChI is InChI=1S/C26H22FN7O5/c1-12(2)34-11-29-32-23(34)15-5-4-6-17(30-15)31-24(35)18-19(27)21-13(3)20(22(18)39-26(37)25(36)38-21)33-9-16(28-10-33)14-7-8-14/h4-6,9-12,14H,7-8H2,1-3H3,(H,30,31,35). The average Bonchev–Trinajstić information content (AvgIpc) is 3.42. The molecule has 3 aromatic heterocycles. The highest BCUT2D eigenvalue weighted by Crippen LogP contribution is 2.44. The number of hydrogen-bond donors (Lipinski definition) is 1. The number of pyridine rings is 1. The van der Waals surface area contributed by atoms with E-state index in [1.165, 1.54) is 23.9 Å². The number of imidazole rings is 1. The first kappa shape index (κ1) is 24.4. The lowest BCUT2D eigenvalue weighted by molar-refractivity contribution is -0.156. The van der Waals surface area contributed by atoms with Crippen molar-refractivity contribution in [3.05, 3.63) is 59.7 Å². The van der Waals surface area contributed by atoms with Gasteiger partial charge in [-0.25, -0.2) is 23.9 Å². The van der Waals surface area contributed by atoms with E-state index in [4.69, 9.17) is 9.47 Å². The maximum atomic E-state index is 15.8. The molecule has 198 valence electrons. The third-order valence-corrected chi connectivity index (χ3v) is 6.55. The molecule has 13 heteroatoms. The van der Waals surface area contributed by atoms with Gasteiger partial charge in [-0.15, -0.1) is 10.2 Å². The van der Waals surface area contributed by atoms with Gasteiger partial charge in [-0.05, 0) is 45.7 Å². The van der Waals surface area contributed by atoms with Crippen LogP contribution in [-0.2, 0) is 9.59 Å². The van der Waals surface area contributed by atoms with Crippen molar-refractivity contribution >= 4 is 23.7 Å². The number of hydrogen-bond acceptors (Lipinski definition) is 9. The van der Waals surface area contributed by atoms with Crippen LogP contribution in [0.1, 0.15) is 60.3 Å². The first-order valence-corrected chi connectivity index (χ1v) is 12.3. The van der Waals surface area contributed by atoms with Crippen LogP contribution >= 0.6 is 0 Å². The molecule has 1 N–H and O–H groups in total. The number of halogens is 1. The summed E-state index contributed by atoms with van der Waals surface area (Å²) in [4.78, 5) is 46.8. The fourth-order valence-corrected chi connectivity index (χ4v) is 4.44.